The van der Waals surface area contributed by atoms with Crippen LogP contribution in [0, 0.1) is 6.92 Å². The topological polar surface area (TPSA) is 146 Å². The Labute approximate surface area is 211 Å². The highest BCUT2D eigenvalue weighted by molar-refractivity contribution is 6.06. The number of para-hydroxylation sites is 1. The first-order valence-electron chi connectivity index (χ1n) is 11.5. The molecule has 1 atom stereocenters. The molecule has 0 fully saturated rings. The summed E-state index contributed by atoms with van der Waals surface area (Å²) in [6.07, 6.45) is -0.586. The SMILES string of the molecule is Cc1c(C(=O)Nc2ccc(-c3ccc(C(=O)NC(CCC(=O)O)C(=O)O)cc3)cc2)oc2ccccc12. The van der Waals surface area contributed by atoms with Crippen LogP contribution in [0.5, 0.6) is 0 Å². The number of anilines is 1. The third kappa shape index (κ3) is 5.84. The number of amides is 2. The first-order chi connectivity index (χ1) is 17.7. The van der Waals surface area contributed by atoms with E-state index in [0.29, 0.717) is 11.3 Å². The summed E-state index contributed by atoms with van der Waals surface area (Å²) in [7, 11) is 0. The molecule has 4 rings (SSSR count). The van der Waals surface area contributed by atoms with E-state index in [0.717, 1.165) is 22.1 Å². The molecule has 0 aliphatic carbocycles. The number of carboxylic acid groups (broad SMARTS) is 2. The lowest BCUT2D eigenvalue weighted by molar-refractivity contribution is -0.140. The van der Waals surface area contributed by atoms with E-state index < -0.39 is 23.9 Å². The Balaban J connectivity index is 1.41. The number of nitrogens with one attached hydrogen (secondary N) is 2. The molecule has 0 spiro atoms. The molecule has 1 unspecified atom stereocenters. The fourth-order valence-electron chi connectivity index (χ4n) is 3.91. The summed E-state index contributed by atoms with van der Waals surface area (Å²) in [6, 6.07) is 19.9. The zero-order valence-electron chi connectivity index (χ0n) is 19.9. The summed E-state index contributed by atoms with van der Waals surface area (Å²) in [5, 5.41) is 24.1. The monoisotopic (exact) mass is 500 g/mol. The molecule has 1 aromatic heterocycles. The van der Waals surface area contributed by atoms with Crippen molar-refractivity contribution >= 4 is 40.4 Å². The van der Waals surface area contributed by atoms with Gasteiger partial charge in [0.15, 0.2) is 5.76 Å². The van der Waals surface area contributed by atoms with E-state index in [1.54, 1.807) is 36.4 Å². The molecular formula is C28H24N2O7. The number of benzene rings is 3. The quantitative estimate of drug-likeness (QED) is 0.260. The fraction of sp³-hybridized carbons (Fsp3) is 0.143. The van der Waals surface area contributed by atoms with Crippen molar-refractivity contribution in [2.24, 2.45) is 0 Å². The smallest absolute Gasteiger partial charge is 0.326 e. The van der Waals surface area contributed by atoms with Crippen molar-refractivity contribution in [2.45, 2.75) is 25.8 Å². The third-order valence-electron chi connectivity index (χ3n) is 5.92. The average Bonchev–Trinajstić information content (AvgIpc) is 3.23. The number of carboxylic acids is 2. The predicted molar refractivity (Wildman–Crippen MR) is 137 cm³/mol. The summed E-state index contributed by atoms with van der Waals surface area (Å²) < 4.78 is 5.71. The molecular weight excluding hydrogens is 476 g/mol. The second kappa shape index (κ2) is 10.8. The summed E-state index contributed by atoms with van der Waals surface area (Å²) in [5.74, 6) is -3.13. The third-order valence-corrected chi connectivity index (χ3v) is 5.92. The second-order valence-electron chi connectivity index (χ2n) is 8.46. The first-order valence-corrected chi connectivity index (χ1v) is 11.5. The van der Waals surface area contributed by atoms with E-state index in [4.69, 9.17) is 9.52 Å². The molecule has 37 heavy (non-hydrogen) atoms. The van der Waals surface area contributed by atoms with E-state index in [2.05, 4.69) is 10.6 Å². The summed E-state index contributed by atoms with van der Waals surface area (Å²) in [4.78, 5) is 47.2. The van der Waals surface area contributed by atoms with Gasteiger partial charge in [0.25, 0.3) is 11.8 Å². The zero-order chi connectivity index (χ0) is 26.5. The molecule has 4 N–H and O–H groups in total. The maximum Gasteiger partial charge on any atom is 0.326 e. The molecule has 9 nitrogen and oxygen atoms in total. The zero-order valence-corrected chi connectivity index (χ0v) is 19.9. The highest BCUT2D eigenvalue weighted by Crippen LogP contribution is 2.26. The number of fused-ring (bicyclic) bond motifs is 1. The number of furan rings is 1. The molecule has 0 aliphatic heterocycles. The molecule has 188 valence electrons. The van der Waals surface area contributed by atoms with Crippen LogP contribution in [0.2, 0.25) is 0 Å². The molecule has 0 radical (unpaired) electrons. The summed E-state index contributed by atoms with van der Waals surface area (Å²) in [6.45, 7) is 1.84. The van der Waals surface area contributed by atoms with Gasteiger partial charge in [0.1, 0.15) is 11.6 Å². The van der Waals surface area contributed by atoms with Crippen LogP contribution < -0.4 is 10.6 Å². The van der Waals surface area contributed by atoms with Gasteiger partial charge >= 0.3 is 11.9 Å². The average molecular weight is 501 g/mol. The largest absolute Gasteiger partial charge is 0.481 e. The van der Waals surface area contributed by atoms with Crippen LogP contribution in [0.1, 0.15) is 39.3 Å². The van der Waals surface area contributed by atoms with Crippen molar-refractivity contribution in [3.8, 4) is 11.1 Å². The van der Waals surface area contributed by atoms with Crippen molar-refractivity contribution in [2.75, 3.05) is 5.32 Å². The Morgan fingerprint density at radius 3 is 2.05 bits per heavy atom. The Hall–Kier alpha value is -4.92. The van der Waals surface area contributed by atoms with Crippen LogP contribution >= 0.6 is 0 Å². The Kier molecular flexibility index (Phi) is 7.34. The first kappa shape index (κ1) is 25.2. The number of aliphatic carboxylic acids is 2. The Morgan fingerprint density at radius 1 is 0.838 bits per heavy atom. The van der Waals surface area contributed by atoms with Gasteiger partial charge in [-0.3, -0.25) is 14.4 Å². The molecule has 1 heterocycles. The van der Waals surface area contributed by atoms with Crippen LogP contribution in [-0.2, 0) is 9.59 Å². The number of aryl methyl sites for hydroxylation is 1. The van der Waals surface area contributed by atoms with E-state index in [9.17, 15) is 24.3 Å². The number of carbonyl (C=O) groups is 4. The maximum absolute atomic E-state index is 12.7. The lowest BCUT2D eigenvalue weighted by Gasteiger charge is -2.13. The van der Waals surface area contributed by atoms with E-state index in [1.165, 1.54) is 0 Å². The molecule has 0 bridgehead atoms. The number of hydrogen-bond acceptors (Lipinski definition) is 5. The van der Waals surface area contributed by atoms with Crippen LogP contribution in [-0.4, -0.2) is 40.0 Å². The molecule has 0 aliphatic rings. The van der Waals surface area contributed by atoms with E-state index in [1.807, 2.05) is 43.3 Å². The minimum atomic E-state index is -1.30. The van der Waals surface area contributed by atoms with Crippen LogP contribution in [0.3, 0.4) is 0 Å². The van der Waals surface area contributed by atoms with Crippen molar-refractivity contribution in [3.63, 3.8) is 0 Å². The Morgan fingerprint density at radius 2 is 1.46 bits per heavy atom. The maximum atomic E-state index is 12.7. The van der Waals surface area contributed by atoms with Crippen molar-refractivity contribution < 1.29 is 33.8 Å². The predicted octanol–water partition coefficient (Wildman–Crippen LogP) is 4.71. The highest BCUT2D eigenvalue weighted by Gasteiger charge is 2.22. The fourth-order valence-corrected chi connectivity index (χ4v) is 3.91. The number of rotatable bonds is 9. The Bertz CT molecular complexity index is 1470. The number of hydrogen-bond donors (Lipinski definition) is 4. The van der Waals surface area contributed by atoms with Crippen molar-refractivity contribution in [3.05, 3.63) is 89.7 Å². The standard InChI is InChI=1S/C28H24N2O7/c1-16-21-4-2-3-5-23(21)37-25(16)27(34)29-20-12-10-18(11-13-20)17-6-8-19(9-7-17)26(33)30-22(28(35)36)14-15-24(31)32/h2-13,22H,14-15H2,1H3,(H,29,34)(H,30,33)(H,31,32)(H,35,36). The molecule has 9 heteroatoms. The van der Waals surface area contributed by atoms with Gasteiger partial charge in [0.2, 0.25) is 0 Å². The van der Waals surface area contributed by atoms with Gasteiger partial charge in [-0.2, -0.15) is 0 Å². The highest BCUT2D eigenvalue weighted by atomic mass is 16.4. The van der Waals surface area contributed by atoms with Crippen LogP contribution in [0.4, 0.5) is 5.69 Å². The van der Waals surface area contributed by atoms with Gasteiger partial charge in [-0.05, 0) is 54.8 Å². The molecule has 2 amide bonds. The normalized spacial score (nSPS) is 11.6. The van der Waals surface area contributed by atoms with Gasteiger partial charge in [0.05, 0.1) is 0 Å². The molecule has 3 aromatic carbocycles. The number of carbonyl (C=O) groups excluding carboxylic acids is 2. The molecule has 4 aromatic rings. The minimum absolute atomic E-state index is 0.215. The van der Waals surface area contributed by atoms with Crippen LogP contribution in [0.15, 0.2) is 77.2 Å². The van der Waals surface area contributed by atoms with Gasteiger partial charge in [0, 0.05) is 28.6 Å². The van der Waals surface area contributed by atoms with Crippen molar-refractivity contribution in [1.82, 2.24) is 5.32 Å². The summed E-state index contributed by atoms with van der Waals surface area (Å²) in [5.41, 5.74) is 3.90. The van der Waals surface area contributed by atoms with Gasteiger partial charge in [-0.15, -0.1) is 0 Å². The van der Waals surface area contributed by atoms with Gasteiger partial charge < -0.3 is 25.3 Å². The van der Waals surface area contributed by atoms with Gasteiger partial charge in [-0.1, -0.05) is 42.5 Å². The lowest BCUT2D eigenvalue weighted by atomic mass is 10.0. The van der Waals surface area contributed by atoms with Crippen LogP contribution in [0.25, 0.3) is 22.1 Å². The van der Waals surface area contributed by atoms with E-state index in [-0.39, 0.29) is 30.1 Å². The lowest BCUT2D eigenvalue weighted by Crippen LogP contribution is -2.41. The van der Waals surface area contributed by atoms with E-state index >= 15 is 0 Å². The minimum Gasteiger partial charge on any atom is -0.481 e. The van der Waals surface area contributed by atoms with Crippen molar-refractivity contribution in [1.29, 1.82) is 0 Å². The second-order valence-corrected chi connectivity index (χ2v) is 8.46. The van der Waals surface area contributed by atoms with Gasteiger partial charge in [-0.25, -0.2) is 4.79 Å². The molecule has 0 saturated carbocycles. The summed E-state index contributed by atoms with van der Waals surface area (Å²) >= 11 is 0. The molecule has 0 saturated heterocycles.